The lowest BCUT2D eigenvalue weighted by Crippen LogP contribution is -2.27. The van der Waals surface area contributed by atoms with Gasteiger partial charge in [-0.25, -0.2) is 4.98 Å². The molecule has 2 N–H and O–H groups in total. The molecule has 0 aliphatic heterocycles. The van der Waals surface area contributed by atoms with E-state index in [9.17, 15) is 4.79 Å². The number of nitrogens with zero attached hydrogens (tertiary/aromatic N) is 2. The lowest BCUT2D eigenvalue weighted by Gasteiger charge is -2.20. The van der Waals surface area contributed by atoms with Gasteiger partial charge in [-0.1, -0.05) is 23.2 Å². The van der Waals surface area contributed by atoms with E-state index in [0.717, 1.165) is 0 Å². The van der Waals surface area contributed by atoms with Crippen LogP contribution in [0.2, 0.25) is 10.0 Å². The number of nitrogens with one attached hydrogen (secondary N) is 2. The van der Waals surface area contributed by atoms with Crippen LogP contribution in [0.3, 0.4) is 0 Å². The number of hydrogen-bond acceptors (Lipinski definition) is 4. The topological polar surface area (TPSA) is 57.3 Å². The standard InChI is InChI=1S/C11H16Cl2N4O/c1-14-9(18)4-5-17(3)11-8(13)6-7(12)10(15-2)16-11/h6H,4-5H2,1-3H3,(H,14,18)(H,15,16). The van der Waals surface area contributed by atoms with Gasteiger partial charge in [-0.15, -0.1) is 0 Å². The van der Waals surface area contributed by atoms with Crippen molar-refractivity contribution in [3.8, 4) is 0 Å². The molecule has 1 amide bonds. The van der Waals surface area contributed by atoms with Crippen LogP contribution in [0.4, 0.5) is 11.6 Å². The van der Waals surface area contributed by atoms with Crippen molar-refractivity contribution in [3.63, 3.8) is 0 Å². The summed E-state index contributed by atoms with van der Waals surface area (Å²) in [6, 6.07) is 1.63. The van der Waals surface area contributed by atoms with Crippen LogP contribution in [0.25, 0.3) is 0 Å². The molecule has 0 fully saturated rings. The molecule has 0 bridgehead atoms. The van der Waals surface area contributed by atoms with Gasteiger partial charge in [0, 0.05) is 34.1 Å². The Balaban J connectivity index is 2.84. The Morgan fingerprint density at radius 3 is 2.61 bits per heavy atom. The van der Waals surface area contributed by atoms with Gasteiger partial charge in [-0.2, -0.15) is 0 Å². The third-order valence-electron chi connectivity index (χ3n) is 2.46. The molecule has 0 spiro atoms. The molecule has 0 aliphatic carbocycles. The zero-order valence-electron chi connectivity index (χ0n) is 10.6. The third kappa shape index (κ3) is 3.65. The van der Waals surface area contributed by atoms with Gasteiger partial charge in [0.15, 0.2) is 0 Å². The smallest absolute Gasteiger partial charge is 0.221 e. The summed E-state index contributed by atoms with van der Waals surface area (Å²) in [6.45, 7) is 0.525. The van der Waals surface area contributed by atoms with Crippen molar-refractivity contribution in [2.45, 2.75) is 6.42 Å². The van der Waals surface area contributed by atoms with Crippen molar-refractivity contribution in [3.05, 3.63) is 16.1 Å². The van der Waals surface area contributed by atoms with Crippen LogP contribution < -0.4 is 15.5 Å². The summed E-state index contributed by atoms with van der Waals surface area (Å²) in [5, 5.41) is 6.37. The quantitative estimate of drug-likeness (QED) is 0.871. The highest BCUT2D eigenvalue weighted by molar-refractivity contribution is 6.37. The molecule has 1 aromatic heterocycles. The monoisotopic (exact) mass is 290 g/mol. The normalized spacial score (nSPS) is 10.1. The maximum atomic E-state index is 11.2. The first kappa shape index (κ1) is 14.9. The maximum Gasteiger partial charge on any atom is 0.221 e. The highest BCUT2D eigenvalue weighted by Crippen LogP contribution is 2.30. The predicted octanol–water partition coefficient (Wildman–Crippen LogP) is 2.00. The zero-order chi connectivity index (χ0) is 13.7. The van der Waals surface area contributed by atoms with Gasteiger partial charge in [0.05, 0.1) is 10.0 Å². The van der Waals surface area contributed by atoms with E-state index in [4.69, 9.17) is 23.2 Å². The minimum absolute atomic E-state index is 0.0271. The summed E-state index contributed by atoms with van der Waals surface area (Å²) in [7, 11) is 5.16. The molecule has 7 heteroatoms. The van der Waals surface area contributed by atoms with Gasteiger partial charge in [0.25, 0.3) is 0 Å². The van der Waals surface area contributed by atoms with Crippen LogP contribution in [-0.2, 0) is 4.79 Å². The molecule has 0 unspecified atom stereocenters. The van der Waals surface area contributed by atoms with Crippen molar-refractivity contribution in [2.75, 3.05) is 37.9 Å². The van der Waals surface area contributed by atoms with E-state index in [1.54, 1.807) is 20.2 Å². The number of aromatic nitrogens is 1. The average Bonchev–Trinajstić information content (AvgIpc) is 2.35. The second kappa shape index (κ2) is 6.66. The Morgan fingerprint density at radius 2 is 2.06 bits per heavy atom. The molecule has 5 nitrogen and oxygen atoms in total. The Kier molecular flexibility index (Phi) is 5.50. The number of amides is 1. The molecule has 0 aliphatic rings. The molecular formula is C11H16Cl2N4O. The fraction of sp³-hybridized carbons (Fsp3) is 0.455. The molecule has 0 saturated carbocycles. The zero-order valence-corrected chi connectivity index (χ0v) is 12.1. The number of halogens is 2. The minimum Gasteiger partial charge on any atom is -0.372 e. The molecular weight excluding hydrogens is 275 g/mol. The maximum absolute atomic E-state index is 11.2. The van der Waals surface area contributed by atoms with Gasteiger partial charge in [0.2, 0.25) is 5.91 Å². The van der Waals surface area contributed by atoms with Crippen molar-refractivity contribution < 1.29 is 4.79 Å². The Hall–Kier alpha value is -1.20. The van der Waals surface area contributed by atoms with E-state index >= 15 is 0 Å². The van der Waals surface area contributed by atoms with Crippen LogP contribution in [0.15, 0.2) is 6.07 Å². The Bertz CT molecular complexity index is 439. The van der Waals surface area contributed by atoms with E-state index < -0.39 is 0 Å². The van der Waals surface area contributed by atoms with Crippen molar-refractivity contribution in [1.29, 1.82) is 0 Å². The van der Waals surface area contributed by atoms with Gasteiger partial charge in [0.1, 0.15) is 11.6 Å². The second-order valence-electron chi connectivity index (χ2n) is 3.72. The molecule has 0 radical (unpaired) electrons. The summed E-state index contributed by atoms with van der Waals surface area (Å²) in [4.78, 5) is 17.3. The fourth-order valence-corrected chi connectivity index (χ4v) is 2.00. The Labute approximate surface area is 116 Å². The molecule has 18 heavy (non-hydrogen) atoms. The third-order valence-corrected chi connectivity index (χ3v) is 3.03. The lowest BCUT2D eigenvalue weighted by molar-refractivity contribution is -0.120. The van der Waals surface area contributed by atoms with Crippen molar-refractivity contribution in [1.82, 2.24) is 10.3 Å². The van der Waals surface area contributed by atoms with E-state index in [1.807, 2.05) is 11.9 Å². The summed E-state index contributed by atoms with van der Waals surface area (Å²) in [5.41, 5.74) is 0. The van der Waals surface area contributed by atoms with Gasteiger partial charge in [-0.3, -0.25) is 4.79 Å². The summed E-state index contributed by atoms with van der Waals surface area (Å²) >= 11 is 12.0. The summed E-state index contributed by atoms with van der Waals surface area (Å²) in [6.07, 6.45) is 0.378. The van der Waals surface area contributed by atoms with Crippen LogP contribution in [0.5, 0.6) is 0 Å². The number of hydrogen-bond donors (Lipinski definition) is 2. The second-order valence-corrected chi connectivity index (χ2v) is 4.53. The van der Waals surface area contributed by atoms with E-state index in [2.05, 4.69) is 15.6 Å². The first-order chi connectivity index (χ1) is 8.49. The van der Waals surface area contributed by atoms with Gasteiger partial charge in [-0.05, 0) is 6.07 Å². The molecule has 100 valence electrons. The number of anilines is 2. The van der Waals surface area contributed by atoms with Crippen LogP contribution >= 0.6 is 23.2 Å². The Morgan fingerprint density at radius 1 is 1.39 bits per heavy atom. The molecule has 1 rings (SSSR count). The minimum atomic E-state index is -0.0271. The van der Waals surface area contributed by atoms with Crippen LogP contribution in [0, 0.1) is 0 Å². The van der Waals surface area contributed by atoms with E-state index in [0.29, 0.717) is 34.6 Å². The molecule has 0 aromatic carbocycles. The highest BCUT2D eigenvalue weighted by atomic mass is 35.5. The van der Waals surface area contributed by atoms with Crippen molar-refractivity contribution >= 4 is 40.7 Å². The van der Waals surface area contributed by atoms with E-state index in [-0.39, 0.29) is 5.91 Å². The number of carbonyl (C=O) groups is 1. The van der Waals surface area contributed by atoms with E-state index in [1.165, 1.54) is 0 Å². The first-order valence-corrected chi connectivity index (χ1v) is 6.20. The first-order valence-electron chi connectivity index (χ1n) is 5.45. The molecule has 1 heterocycles. The van der Waals surface area contributed by atoms with Gasteiger partial charge >= 0.3 is 0 Å². The molecule has 1 aromatic rings. The van der Waals surface area contributed by atoms with Crippen molar-refractivity contribution in [2.24, 2.45) is 0 Å². The average molecular weight is 291 g/mol. The van der Waals surface area contributed by atoms with Crippen LogP contribution in [-0.4, -0.2) is 38.6 Å². The predicted molar refractivity (Wildman–Crippen MR) is 75.8 cm³/mol. The number of pyridine rings is 1. The molecule has 0 saturated heterocycles. The summed E-state index contributed by atoms with van der Waals surface area (Å²) in [5.74, 6) is 1.12. The van der Waals surface area contributed by atoms with Gasteiger partial charge < -0.3 is 15.5 Å². The largest absolute Gasteiger partial charge is 0.372 e. The number of carbonyl (C=O) groups excluding carboxylic acids is 1. The lowest BCUT2D eigenvalue weighted by atomic mass is 10.3. The SMILES string of the molecule is CNC(=O)CCN(C)c1nc(NC)c(Cl)cc1Cl. The highest BCUT2D eigenvalue weighted by Gasteiger charge is 2.13. The van der Waals surface area contributed by atoms with Crippen LogP contribution in [0.1, 0.15) is 6.42 Å². The summed E-state index contributed by atoms with van der Waals surface area (Å²) < 4.78 is 0. The fourth-order valence-electron chi connectivity index (χ4n) is 1.40. The molecule has 0 atom stereocenters. The number of rotatable bonds is 5.